The van der Waals surface area contributed by atoms with Crippen LogP contribution in [0.1, 0.15) is 71.1 Å². The van der Waals surface area contributed by atoms with Gasteiger partial charge >= 0.3 is 0 Å². The van der Waals surface area contributed by atoms with Gasteiger partial charge in [0.1, 0.15) is 54.9 Å². The Morgan fingerprint density at radius 2 is 1.35 bits per heavy atom. The highest BCUT2D eigenvalue weighted by atomic mass is 16.7. The molecule has 2 saturated heterocycles. The van der Waals surface area contributed by atoms with E-state index < -0.39 is 99.1 Å². The van der Waals surface area contributed by atoms with E-state index in [1.807, 2.05) is 0 Å². The van der Waals surface area contributed by atoms with Gasteiger partial charge in [0, 0.05) is 19.5 Å². The second-order valence-corrected chi connectivity index (χ2v) is 12.3. The zero-order valence-electron chi connectivity index (χ0n) is 28.2. The third-order valence-corrected chi connectivity index (χ3v) is 8.43. The molecule has 284 valence electrons. The first-order valence-corrected chi connectivity index (χ1v) is 17.2. The maximum Gasteiger partial charge on any atom is 0.244 e. The van der Waals surface area contributed by atoms with Crippen molar-refractivity contribution in [2.24, 2.45) is 0 Å². The number of carbonyl (C=O) groups excluding carboxylic acids is 3. The van der Waals surface area contributed by atoms with Gasteiger partial charge in [0.2, 0.25) is 17.7 Å². The van der Waals surface area contributed by atoms with Gasteiger partial charge in [0.15, 0.2) is 12.6 Å². The van der Waals surface area contributed by atoms with Crippen LogP contribution < -0.4 is 16.0 Å². The second-order valence-electron chi connectivity index (χ2n) is 12.3. The highest BCUT2D eigenvalue weighted by molar-refractivity contribution is 5.87. The minimum Gasteiger partial charge on any atom is -0.394 e. The minimum absolute atomic E-state index is 0.0986. The van der Waals surface area contributed by atoms with E-state index in [9.17, 15) is 50.1 Å². The molecule has 2 aliphatic heterocycles. The molecule has 0 aromatic carbocycles. The lowest BCUT2D eigenvalue weighted by Crippen LogP contribution is -2.65. The molecule has 11 atom stereocenters. The van der Waals surface area contributed by atoms with E-state index in [1.165, 1.54) is 6.08 Å². The van der Waals surface area contributed by atoms with Gasteiger partial charge in [-0.15, -0.1) is 0 Å². The number of hydrogen-bond donors (Lipinski definition) is 10. The van der Waals surface area contributed by atoms with Crippen molar-refractivity contribution in [2.45, 2.75) is 139 Å². The Bertz CT molecular complexity index is 989. The lowest BCUT2D eigenvalue weighted by molar-refractivity contribution is -0.359. The highest BCUT2D eigenvalue weighted by Crippen LogP contribution is 2.29. The number of aliphatic hydroxyl groups excluding tert-OH is 7. The summed E-state index contributed by atoms with van der Waals surface area (Å²) in [6.45, 7) is 4.36. The molecule has 0 spiro atoms. The van der Waals surface area contributed by atoms with Crippen LogP contribution in [0.2, 0.25) is 0 Å². The van der Waals surface area contributed by atoms with Gasteiger partial charge < -0.3 is 70.6 Å². The van der Waals surface area contributed by atoms with E-state index in [0.717, 1.165) is 38.5 Å². The van der Waals surface area contributed by atoms with E-state index in [1.54, 1.807) is 0 Å². The maximum absolute atomic E-state index is 13.1. The summed E-state index contributed by atoms with van der Waals surface area (Å²) in [5.41, 5.74) is 0. The summed E-state index contributed by atoms with van der Waals surface area (Å²) < 4.78 is 22.2. The van der Waals surface area contributed by atoms with Crippen LogP contribution in [0.4, 0.5) is 0 Å². The average Bonchev–Trinajstić information content (AvgIpc) is 3.09. The van der Waals surface area contributed by atoms with Gasteiger partial charge in [-0.05, 0) is 25.3 Å². The molecule has 3 amide bonds. The minimum atomic E-state index is -1.81. The zero-order chi connectivity index (χ0) is 36.3. The number of ether oxygens (including phenoxy) is 4. The first-order chi connectivity index (χ1) is 23.5. The average molecular weight is 708 g/mol. The van der Waals surface area contributed by atoms with Crippen LogP contribution in [0, 0.1) is 0 Å². The predicted octanol–water partition coefficient (Wildman–Crippen LogP) is -2.55. The number of amides is 3. The van der Waals surface area contributed by atoms with Crippen LogP contribution in [0.5, 0.6) is 0 Å². The number of unbranched alkanes of at least 4 members (excludes halogenated alkanes) is 7. The smallest absolute Gasteiger partial charge is 0.244 e. The molecule has 49 heavy (non-hydrogen) atoms. The second kappa shape index (κ2) is 23.2. The summed E-state index contributed by atoms with van der Waals surface area (Å²) in [4.78, 5) is 37.1. The van der Waals surface area contributed by atoms with E-state index in [2.05, 4.69) is 29.5 Å². The fourth-order valence-electron chi connectivity index (χ4n) is 5.44. The molecular formula is C32H57N3O14. The van der Waals surface area contributed by atoms with Gasteiger partial charge in [-0.25, -0.2) is 0 Å². The fourth-order valence-corrected chi connectivity index (χ4v) is 5.44. The van der Waals surface area contributed by atoms with Crippen molar-refractivity contribution >= 4 is 17.7 Å². The van der Waals surface area contributed by atoms with Crippen molar-refractivity contribution in [1.29, 1.82) is 0 Å². The van der Waals surface area contributed by atoms with Gasteiger partial charge in [-0.3, -0.25) is 14.4 Å². The maximum atomic E-state index is 13.1. The van der Waals surface area contributed by atoms with Crippen LogP contribution in [0.15, 0.2) is 12.7 Å². The van der Waals surface area contributed by atoms with Crippen LogP contribution in [0.3, 0.4) is 0 Å². The molecule has 0 bridgehead atoms. The van der Waals surface area contributed by atoms with Gasteiger partial charge in [0.25, 0.3) is 0 Å². The molecule has 0 aromatic rings. The Kier molecular flexibility index (Phi) is 20.3. The Labute approximate surface area is 286 Å². The summed E-state index contributed by atoms with van der Waals surface area (Å²) in [5, 5.41) is 79.6. The number of aliphatic hydroxyl groups is 7. The first kappa shape index (κ1) is 42.9. The fraction of sp³-hybridized carbons (Fsp3) is 0.844. The molecule has 17 heteroatoms. The SMILES string of the molecule is C=CC(=O)NCCCCCC(=O)N[C@@H](CO[C@@H]1O[C@H](CO)[C@@H](O[C@@H]2O[C@H](CO)[C@H](O)[C@H](O)[C@H]2O)[C@H](O)[C@H]1O)C(=O)NCCCCCCCC. The van der Waals surface area contributed by atoms with Crippen LogP contribution in [-0.4, -0.2) is 154 Å². The number of hydrogen-bond acceptors (Lipinski definition) is 14. The number of carbonyl (C=O) groups is 3. The van der Waals surface area contributed by atoms with E-state index >= 15 is 0 Å². The van der Waals surface area contributed by atoms with Crippen molar-refractivity contribution in [3.8, 4) is 0 Å². The molecule has 10 N–H and O–H groups in total. The Morgan fingerprint density at radius 3 is 2.00 bits per heavy atom. The number of nitrogens with one attached hydrogen (secondary N) is 3. The lowest BCUT2D eigenvalue weighted by atomic mass is 9.97. The molecule has 0 aromatic heterocycles. The van der Waals surface area contributed by atoms with Crippen molar-refractivity contribution < 1.29 is 69.1 Å². The van der Waals surface area contributed by atoms with Crippen LogP contribution in [-0.2, 0) is 33.3 Å². The molecule has 2 rings (SSSR count). The van der Waals surface area contributed by atoms with E-state index in [4.69, 9.17) is 18.9 Å². The molecule has 2 aliphatic rings. The summed E-state index contributed by atoms with van der Waals surface area (Å²) in [7, 11) is 0. The molecule has 2 fully saturated rings. The summed E-state index contributed by atoms with van der Waals surface area (Å²) in [6, 6.07) is -1.19. The topological polar surface area (TPSA) is 266 Å². The summed E-state index contributed by atoms with van der Waals surface area (Å²) >= 11 is 0. The Balaban J connectivity index is 1.99. The highest BCUT2D eigenvalue weighted by Gasteiger charge is 2.50. The zero-order valence-corrected chi connectivity index (χ0v) is 28.2. The van der Waals surface area contributed by atoms with Crippen molar-refractivity contribution in [3.05, 3.63) is 12.7 Å². The third kappa shape index (κ3) is 14.1. The van der Waals surface area contributed by atoms with E-state index in [-0.39, 0.29) is 12.3 Å². The van der Waals surface area contributed by atoms with Crippen LogP contribution in [0.25, 0.3) is 0 Å². The lowest BCUT2D eigenvalue weighted by Gasteiger charge is -2.46. The normalized spacial score (nSPS) is 30.7. The third-order valence-electron chi connectivity index (χ3n) is 8.43. The quantitative estimate of drug-likeness (QED) is 0.0387. The monoisotopic (exact) mass is 707 g/mol. The Morgan fingerprint density at radius 1 is 0.755 bits per heavy atom. The molecule has 0 aliphatic carbocycles. The Hall–Kier alpha value is -2.29. The van der Waals surface area contributed by atoms with E-state index in [0.29, 0.717) is 32.4 Å². The van der Waals surface area contributed by atoms with Crippen molar-refractivity contribution in [1.82, 2.24) is 16.0 Å². The molecular weight excluding hydrogens is 650 g/mol. The van der Waals surface area contributed by atoms with Crippen molar-refractivity contribution in [2.75, 3.05) is 32.9 Å². The van der Waals surface area contributed by atoms with Crippen molar-refractivity contribution in [3.63, 3.8) is 0 Å². The largest absolute Gasteiger partial charge is 0.394 e. The summed E-state index contributed by atoms with van der Waals surface area (Å²) in [5.74, 6) is -1.23. The molecule has 2 heterocycles. The molecule has 0 radical (unpaired) electrons. The van der Waals surface area contributed by atoms with Crippen LogP contribution >= 0.6 is 0 Å². The predicted molar refractivity (Wildman–Crippen MR) is 172 cm³/mol. The number of rotatable bonds is 23. The van der Waals surface area contributed by atoms with Gasteiger partial charge in [0.05, 0.1) is 19.8 Å². The molecule has 17 nitrogen and oxygen atoms in total. The standard InChI is InChI=1S/C32H57N3O14/c1-3-5-6-7-8-11-15-34-30(45)19(35-23(39)13-10-9-12-14-33-22(38)4-2)18-46-31-28(44)26(42)29(21(17-37)48-31)49-32-27(43)25(41)24(40)20(16-36)47-32/h4,19-21,24-29,31-32,36-37,40-44H,2-3,5-18H2,1H3,(H,33,38)(H,34,45)(H,35,39)/t19-,20+,21+,24-,25-,26+,27+,28+,29+,31+,32-/m0/s1. The summed E-state index contributed by atoms with van der Waals surface area (Å²) in [6.07, 6.45) is -7.17. The van der Waals surface area contributed by atoms with Gasteiger partial charge in [-0.1, -0.05) is 52.0 Å². The molecule has 0 unspecified atom stereocenters. The molecule has 0 saturated carbocycles. The first-order valence-electron chi connectivity index (χ1n) is 17.2. The van der Waals surface area contributed by atoms with Gasteiger partial charge in [-0.2, -0.15) is 0 Å².